The normalized spacial score (nSPS) is 15.9. The molecule has 0 spiro atoms. The van der Waals surface area contributed by atoms with Crippen molar-refractivity contribution < 1.29 is 19.7 Å². The molecule has 0 fully saturated rings. The number of aliphatic hydroxyl groups excluding tert-OH is 1. The molecule has 0 aliphatic heterocycles. The van der Waals surface area contributed by atoms with Crippen LogP contribution in [0.15, 0.2) is 30.3 Å². The molecular weight excluding hydrogens is 232 g/mol. The van der Waals surface area contributed by atoms with E-state index in [0.717, 1.165) is 5.56 Å². The molecule has 2 N–H and O–H groups in total. The van der Waals surface area contributed by atoms with Gasteiger partial charge in [0.1, 0.15) is 0 Å². The molecule has 0 aliphatic rings. The highest BCUT2D eigenvalue weighted by Gasteiger charge is 2.26. The van der Waals surface area contributed by atoms with E-state index in [1.165, 1.54) is 6.92 Å². The lowest BCUT2D eigenvalue weighted by Crippen LogP contribution is -2.33. The Hall–Kier alpha value is -1.39. The molecule has 4 nitrogen and oxygen atoms in total. The molecule has 0 radical (unpaired) electrons. The molecule has 0 aromatic heterocycles. The third-order valence-electron chi connectivity index (χ3n) is 2.98. The fraction of sp³-hybridized carbons (Fsp3) is 0.500. The Balaban J connectivity index is 2.33. The third-order valence-corrected chi connectivity index (χ3v) is 2.98. The lowest BCUT2D eigenvalue weighted by atomic mass is 9.94. The number of benzene rings is 1. The van der Waals surface area contributed by atoms with Crippen LogP contribution >= 0.6 is 0 Å². The van der Waals surface area contributed by atoms with Crippen molar-refractivity contribution in [1.29, 1.82) is 0 Å². The van der Waals surface area contributed by atoms with Crippen molar-refractivity contribution >= 4 is 5.97 Å². The maximum absolute atomic E-state index is 10.7. The van der Waals surface area contributed by atoms with E-state index < -0.39 is 18.0 Å². The summed E-state index contributed by atoms with van der Waals surface area (Å²) in [6.45, 7) is 4.10. The second-order valence-corrected chi connectivity index (χ2v) is 4.60. The van der Waals surface area contributed by atoms with Gasteiger partial charge in [-0.2, -0.15) is 0 Å². The summed E-state index contributed by atoms with van der Waals surface area (Å²) < 4.78 is 5.48. The van der Waals surface area contributed by atoms with Gasteiger partial charge in [-0.3, -0.25) is 4.79 Å². The largest absolute Gasteiger partial charge is 0.481 e. The molecule has 0 saturated heterocycles. The molecule has 18 heavy (non-hydrogen) atoms. The molecule has 0 aliphatic carbocycles. The second kappa shape index (κ2) is 7.13. The number of ether oxygens (including phenoxy) is 1. The Labute approximate surface area is 107 Å². The highest BCUT2D eigenvalue weighted by molar-refractivity contribution is 5.70. The average Bonchev–Trinajstić information content (AvgIpc) is 2.38. The van der Waals surface area contributed by atoms with Crippen molar-refractivity contribution in [1.82, 2.24) is 0 Å². The van der Waals surface area contributed by atoms with Gasteiger partial charge in [0, 0.05) is 5.92 Å². The van der Waals surface area contributed by atoms with Crippen molar-refractivity contribution in [2.24, 2.45) is 11.8 Å². The highest BCUT2D eigenvalue weighted by atomic mass is 16.5. The van der Waals surface area contributed by atoms with E-state index in [4.69, 9.17) is 9.84 Å². The van der Waals surface area contributed by atoms with Crippen LogP contribution in [-0.2, 0) is 16.1 Å². The van der Waals surface area contributed by atoms with E-state index in [1.807, 2.05) is 30.3 Å². The number of carbonyl (C=O) groups is 1. The minimum absolute atomic E-state index is 0.209. The number of aliphatic carboxylic acids is 1. The average molecular weight is 252 g/mol. The van der Waals surface area contributed by atoms with Crippen LogP contribution in [0.25, 0.3) is 0 Å². The van der Waals surface area contributed by atoms with E-state index in [9.17, 15) is 9.90 Å². The lowest BCUT2D eigenvalue weighted by Gasteiger charge is -2.22. The number of carboxylic acid groups (broad SMARTS) is 1. The Bertz CT molecular complexity index is 363. The number of aliphatic hydroxyl groups is 1. The van der Waals surface area contributed by atoms with Crippen molar-refractivity contribution in [3.63, 3.8) is 0 Å². The zero-order valence-electron chi connectivity index (χ0n) is 10.7. The summed E-state index contributed by atoms with van der Waals surface area (Å²) in [5, 5.41) is 18.6. The van der Waals surface area contributed by atoms with Crippen molar-refractivity contribution in [2.45, 2.75) is 26.6 Å². The van der Waals surface area contributed by atoms with Crippen LogP contribution in [0.3, 0.4) is 0 Å². The number of hydrogen-bond donors (Lipinski definition) is 2. The van der Waals surface area contributed by atoms with Crippen LogP contribution in [-0.4, -0.2) is 28.9 Å². The minimum Gasteiger partial charge on any atom is -0.481 e. The van der Waals surface area contributed by atoms with Crippen LogP contribution < -0.4 is 0 Å². The monoisotopic (exact) mass is 252 g/mol. The summed E-state index contributed by atoms with van der Waals surface area (Å²) in [4.78, 5) is 10.7. The van der Waals surface area contributed by atoms with E-state index in [1.54, 1.807) is 6.92 Å². The van der Waals surface area contributed by atoms with Gasteiger partial charge in [0.2, 0.25) is 0 Å². The summed E-state index contributed by atoms with van der Waals surface area (Å²) in [5.74, 6) is -1.97. The molecule has 1 aromatic carbocycles. The predicted octanol–water partition coefficient (Wildman–Crippen LogP) is 1.92. The first kappa shape index (κ1) is 14.7. The molecule has 1 aromatic rings. The van der Waals surface area contributed by atoms with Gasteiger partial charge in [-0.15, -0.1) is 0 Å². The first-order chi connectivity index (χ1) is 8.52. The minimum atomic E-state index is -0.989. The summed E-state index contributed by atoms with van der Waals surface area (Å²) in [7, 11) is 0. The second-order valence-electron chi connectivity index (χ2n) is 4.60. The van der Waals surface area contributed by atoms with Gasteiger partial charge < -0.3 is 14.9 Å². The Morgan fingerprint density at radius 3 is 2.44 bits per heavy atom. The molecule has 4 heteroatoms. The van der Waals surface area contributed by atoms with Gasteiger partial charge >= 0.3 is 5.97 Å². The molecule has 100 valence electrons. The van der Waals surface area contributed by atoms with Gasteiger partial charge in [0.25, 0.3) is 0 Å². The lowest BCUT2D eigenvalue weighted by molar-refractivity contribution is -0.146. The number of carboxylic acids is 1. The van der Waals surface area contributed by atoms with Crippen molar-refractivity contribution in [3.8, 4) is 0 Å². The van der Waals surface area contributed by atoms with Crippen LogP contribution in [0, 0.1) is 11.8 Å². The van der Waals surface area contributed by atoms with Gasteiger partial charge in [0.15, 0.2) is 0 Å². The standard InChI is InChI=1S/C14H20O4/c1-10(13(15)11(2)14(16)17)8-18-9-12-6-4-3-5-7-12/h3-7,10-11,13,15H,8-9H2,1-2H3,(H,16,17)/t10-,11+,13-/m1/s1. The Morgan fingerprint density at radius 1 is 1.28 bits per heavy atom. The molecule has 0 bridgehead atoms. The SMILES string of the molecule is C[C@H](COCc1ccccc1)[C@@H](O)[C@H](C)C(=O)O. The van der Waals surface area contributed by atoms with Gasteiger partial charge in [-0.1, -0.05) is 37.3 Å². The predicted molar refractivity (Wildman–Crippen MR) is 68.1 cm³/mol. The van der Waals surface area contributed by atoms with Gasteiger partial charge in [0.05, 0.1) is 25.2 Å². The fourth-order valence-electron chi connectivity index (χ4n) is 1.67. The Kier molecular flexibility index (Phi) is 5.82. The first-order valence-corrected chi connectivity index (χ1v) is 6.05. The van der Waals surface area contributed by atoms with Gasteiger partial charge in [-0.05, 0) is 12.5 Å². The molecule has 0 saturated carbocycles. The highest BCUT2D eigenvalue weighted by Crippen LogP contribution is 2.14. The Morgan fingerprint density at radius 2 is 1.89 bits per heavy atom. The molecule has 0 amide bonds. The third kappa shape index (κ3) is 4.47. The summed E-state index contributed by atoms with van der Waals surface area (Å²) >= 11 is 0. The fourth-order valence-corrected chi connectivity index (χ4v) is 1.67. The summed E-state index contributed by atoms with van der Waals surface area (Å²) in [6, 6.07) is 9.72. The van der Waals surface area contributed by atoms with Crippen LogP contribution in [0.1, 0.15) is 19.4 Å². The number of hydrogen-bond acceptors (Lipinski definition) is 3. The van der Waals surface area contributed by atoms with E-state index in [0.29, 0.717) is 13.2 Å². The molecular formula is C14H20O4. The van der Waals surface area contributed by atoms with E-state index >= 15 is 0 Å². The zero-order chi connectivity index (χ0) is 13.5. The molecule has 1 rings (SSSR count). The molecule has 3 atom stereocenters. The van der Waals surface area contributed by atoms with Crippen LogP contribution in [0.4, 0.5) is 0 Å². The first-order valence-electron chi connectivity index (χ1n) is 6.05. The smallest absolute Gasteiger partial charge is 0.308 e. The molecule has 0 heterocycles. The quantitative estimate of drug-likeness (QED) is 0.778. The van der Waals surface area contributed by atoms with Gasteiger partial charge in [-0.25, -0.2) is 0 Å². The summed E-state index contributed by atoms with van der Waals surface area (Å²) in [5.41, 5.74) is 1.06. The van der Waals surface area contributed by atoms with E-state index in [-0.39, 0.29) is 5.92 Å². The van der Waals surface area contributed by atoms with Crippen LogP contribution in [0.5, 0.6) is 0 Å². The maximum Gasteiger partial charge on any atom is 0.308 e. The zero-order valence-corrected chi connectivity index (χ0v) is 10.7. The molecule has 0 unspecified atom stereocenters. The topological polar surface area (TPSA) is 66.8 Å². The number of rotatable bonds is 7. The van der Waals surface area contributed by atoms with Crippen molar-refractivity contribution in [3.05, 3.63) is 35.9 Å². The van der Waals surface area contributed by atoms with Crippen molar-refractivity contribution in [2.75, 3.05) is 6.61 Å². The summed E-state index contributed by atoms with van der Waals surface area (Å²) in [6.07, 6.45) is -0.890. The maximum atomic E-state index is 10.7. The van der Waals surface area contributed by atoms with E-state index in [2.05, 4.69) is 0 Å². The van der Waals surface area contributed by atoms with Crippen LogP contribution in [0.2, 0.25) is 0 Å².